The summed E-state index contributed by atoms with van der Waals surface area (Å²) < 4.78 is 4.81. The molecule has 0 saturated carbocycles. The van der Waals surface area contributed by atoms with E-state index in [4.69, 9.17) is 15.5 Å². The van der Waals surface area contributed by atoms with Crippen molar-refractivity contribution in [3.8, 4) is 17.5 Å². The van der Waals surface area contributed by atoms with Crippen molar-refractivity contribution in [2.45, 2.75) is 0 Å². The molecule has 0 unspecified atom stereocenters. The molecule has 16 heavy (non-hydrogen) atoms. The van der Waals surface area contributed by atoms with Crippen molar-refractivity contribution in [2.75, 3.05) is 0 Å². The van der Waals surface area contributed by atoms with Gasteiger partial charge in [-0.3, -0.25) is 4.79 Å². The maximum absolute atomic E-state index is 10.7. The first-order chi connectivity index (χ1) is 7.70. The molecule has 78 valence electrons. The Kier molecular flexibility index (Phi) is 2.31. The number of carbonyl (C=O) groups is 1. The number of primary amides is 1. The number of hydrogen-bond acceptors (Lipinski definition) is 6. The topological polar surface area (TPSA) is 119 Å². The molecule has 2 aromatic heterocycles. The molecular weight excluding hydrogens is 210 g/mol. The van der Waals surface area contributed by atoms with Crippen molar-refractivity contribution in [1.29, 1.82) is 5.26 Å². The van der Waals surface area contributed by atoms with Crippen LogP contribution in [-0.4, -0.2) is 21.0 Å². The molecule has 7 nitrogen and oxygen atoms in total. The van der Waals surface area contributed by atoms with E-state index in [0.29, 0.717) is 5.56 Å². The Labute approximate surface area is 89.5 Å². The van der Waals surface area contributed by atoms with E-state index in [-0.39, 0.29) is 17.4 Å². The summed E-state index contributed by atoms with van der Waals surface area (Å²) in [6, 6.07) is 4.93. The molecule has 0 aliphatic carbocycles. The van der Waals surface area contributed by atoms with Gasteiger partial charge in [-0.05, 0) is 12.1 Å². The fourth-order valence-electron chi connectivity index (χ4n) is 1.07. The zero-order valence-electron chi connectivity index (χ0n) is 7.91. The van der Waals surface area contributed by atoms with Crippen molar-refractivity contribution in [1.82, 2.24) is 15.1 Å². The molecule has 2 N–H and O–H groups in total. The number of aromatic nitrogens is 3. The number of hydrogen-bond donors (Lipinski definition) is 1. The number of nitrogens with zero attached hydrogens (tertiary/aromatic N) is 4. The second kappa shape index (κ2) is 3.78. The average Bonchev–Trinajstić information content (AvgIpc) is 2.78. The van der Waals surface area contributed by atoms with Gasteiger partial charge in [0.2, 0.25) is 0 Å². The van der Waals surface area contributed by atoms with Crippen LogP contribution in [0.3, 0.4) is 0 Å². The number of carbonyl (C=O) groups excluding carboxylic acids is 1. The predicted molar refractivity (Wildman–Crippen MR) is 50.8 cm³/mol. The summed E-state index contributed by atoms with van der Waals surface area (Å²) in [5, 5.41) is 12.0. The third kappa shape index (κ3) is 1.72. The molecule has 1 amide bonds. The summed E-state index contributed by atoms with van der Waals surface area (Å²) in [7, 11) is 0. The minimum Gasteiger partial charge on any atom is -0.363 e. The molecule has 2 rings (SSSR count). The third-order valence-electron chi connectivity index (χ3n) is 1.77. The van der Waals surface area contributed by atoms with E-state index in [1.807, 2.05) is 6.07 Å². The molecule has 0 aliphatic heterocycles. The fourth-order valence-corrected chi connectivity index (χ4v) is 1.07. The van der Waals surface area contributed by atoms with Crippen molar-refractivity contribution >= 4 is 5.91 Å². The smallest absolute Gasteiger partial charge is 0.290 e. The number of nitrogens with two attached hydrogens (primary N) is 1. The maximum Gasteiger partial charge on any atom is 0.290 e. The molecule has 0 aromatic carbocycles. The standard InChI is InChI=1S/C9H5N5O2/c10-4-6-3-5(1-2-12-6)9-13-8(7(11)15)14-16-9/h1-3H,(H2,11,15). The largest absolute Gasteiger partial charge is 0.363 e. The van der Waals surface area contributed by atoms with Crippen LogP contribution in [0.25, 0.3) is 11.5 Å². The van der Waals surface area contributed by atoms with Gasteiger partial charge in [0.15, 0.2) is 0 Å². The summed E-state index contributed by atoms with van der Waals surface area (Å²) in [6.07, 6.45) is 1.43. The molecule has 0 radical (unpaired) electrons. The molecule has 0 aliphatic rings. The summed E-state index contributed by atoms with van der Waals surface area (Å²) in [5.74, 6) is -0.859. The summed E-state index contributed by atoms with van der Waals surface area (Å²) >= 11 is 0. The van der Waals surface area contributed by atoms with Gasteiger partial charge >= 0.3 is 0 Å². The highest BCUT2D eigenvalue weighted by Crippen LogP contribution is 2.16. The molecule has 2 heterocycles. The van der Waals surface area contributed by atoms with Crippen LogP contribution in [0.5, 0.6) is 0 Å². The molecule has 0 saturated heterocycles. The van der Waals surface area contributed by atoms with E-state index in [1.165, 1.54) is 12.3 Å². The lowest BCUT2D eigenvalue weighted by Crippen LogP contribution is -2.12. The lowest BCUT2D eigenvalue weighted by atomic mass is 10.2. The number of amides is 1. The van der Waals surface area contributed by atoms with Crippen molar-refractivity contribution < 1.29 is 9.32 Å². The first-order valence-electron chi connectivity index (χ1n) is 4.21. The van der Waals surface area contributed by atoms with Crippen LogP contribution in [0.15, 0.2) is 22.9 Å². The Morgan fingerprint density at radius 2 is 2.38 bits per heavy atom. The summed E-state index contributed by atoms with van der Waals surface area (Å²) in [6.45, 7) is 0. The fraction of sp³-hybridized carbons (Fsp3) is 0. The zero-order chi connectivity index (χ0) is 11.5. The van der Waals surface area contributed by atoms with E-state index in [2.05, 4.69) is 15.1 Å². The minimum atomic E-state index is -0.774. The van der Waals surface area contributed by atoms with E-state index in [1.54, 1.807) is 6.07 Å². The van der Waals surface area contributed by atoms with E-state index in [9.17, 15) is 4.79 Å². The van der Waals surface area contributed by atoms with Crippen molar-refractivity contribution in [3.63, 3.8) is 0 Å². The predicted octanol–water partition coefficient (Wildman–Crippen LogP) is 0.102. The van der Waals surface area contributed by atoms with Gasteiger partial charge in [-0.25, -0.2) is 4.98 Å². The van der Waals surface area contributed by atoms with Crippen molar-refractivity contribution in [2.24, 2.45) is 5.73 Å². The van der Waals surface area contributed by atoms with Gasteiger partial charge in [-0.1, -0.05) is 5.16 Å². The van der Waals surface area contributed by atoms with Gasteiger partial charge in [-0.2, -0.15) is 10.2 Å². The van der Waals surface area contributed by atoms with E-state index < -0.39 is 5.91 Å². The lowest BCUT2D eigenvalue weighted by molar-refractivity contribution is 0.0987. The molecular formula is C9H5N5O2. The molecule has 0 spiro atoms. The van der Waals surface area contributed by atoms with Gasteiger partial charge in [-0.15, -0.1) is 0 Å². The monoisotopic (exact) mass is 215 g/mol. The summed E-state index contributed by atoms with van der Waals surface area (Å²) in [5.41, 5.74) is 5.70. The highest BCUT2D eigenvalue weighted by molar-refractivity contribution is 5.89. The van der Waals surface area contributed by atoms with Gasteiger partial charge in [0.05, 0.1) is 0 Å². The lowest BCUT2D eigenvalue weighted by Gasteiger charge is -1.92. The molecule has 0 atom stereocenters. The van der Waals surface area contributed by atoms with Gasteiger partial charge in [0.25, 0.3) is 17.6 Å². The van der Waals surface area contributed by atoms with Crippen LogP contribution in [-0.2, 0) is 0 Å². The van der Waals surface area contributed by atoms with E-state index >= 15 is 0 Å². The molecule has 0 fully saturated rings. The number of nitriles is 1. The minimum absolute atomic E-state index is 0.118. The van der Waals surface area contributed by atoms with Crippen LogP contribution in [0.4, 0.5) is 0 Å². The van der Waals surface area contributed by atoms with Crippen LogP contribution in [0.2, 0.25) is 0 Å². The Bertz CT molecular complexity index is 584. The quantitative estimate of drug-likeness (QED) is 0.758. The van der Waals surface area contributed by atoms with E-state index in [0.717, 1.165) is 0 Å². The Morgan fingerprint density at radius 1 is 1.56 bits per heavy atom. The molecule has 2 aromatic rings. The highest BCUT2D eigenvalue weighted by Gasteiger charge is 2.12. The van der Waals surface area contributed by atoms with Gasteiger partial charge < -0.3 is 10.3 Å². The summed E-state index contributed by atoms with van der Waals surface area (Å²) in [4.78, 5) is 18.3. The second-order valence-corrected chi connectivity index (χ2v) is 2.83. The third-order valence-corrected chi connectivity index (χ3v) is 1.77. The van der Waals surface area contributed by atoms with Gasteiger partial charge in [0.1, 0.15) is 11.8 Å². The Hall–Kier alpha value is -2.75. The SMILES string of the molecule is N#Cc1cc(-c2nc(C(N)=O)no2)ccn1. The second-order valence-electron chi connectivity index (χ2n) is 2.83. The average molecular weight is 215 g/mol. The maximum atomic E-state index is 10.7. The Morgan fingerprint density at radius 3 is 3.00 bits per heavy atom. The van der Waals surface area contributed by atoms with Crippen LogP contribution in [0, 0.1) is 11.3 Å². The normalized spacial score (nSPS) is 9.69. The van der Waals surface area contributed by atoms with Crippen molar-refractivity contribution in [3.05, 3.63) is 29.8 Å². The Balaban J connectivity index is 2.43. The van der Waals surface area contributed by atoms with Gasteiger partial charge in [0, 0.05) is 11.8 Å². The van der Waals surface area contributed by atoms with Crippen LogP contribution in [0.1, 0.15) is 16.3 Å². The van der Waals surface area contributed by atoms with Crippen LogP contribution < -0.4 is 5.73 Å². The molecule has 7 heteroatoms. The first kappa shape index (κ1) is 9.79. The zero-order valence-corrected chi connectivity index (χ0v) is 7.91. The number of pyridine rings is 1. The van der Waals surface area contributed by atoms with Crippen LogP contribution >= 0.6 is 0 Å². The molecule has 0 bridgehead atoms. The number of rotatable bonds is 2. The highest BCUT2D eigenvalue weighted by atomic mass is 16.5. The first-order valence-corrected chi connectivity index (χ1v) is 4.21.